The SMILES string of the molecule is CCCc1cc(CCC2(C3CCCC3)CC(N=O)=C(Cc3nc4nc(CC)cc(CC)n4n3)C(=O)O2)ccc1O. The van der Waals surface area contributed by atoms with Crippen LogP contribution in [0, 0.1) is 10.8 Å². The molecule has 0 bridgehead atoms. The molecule has 9 nitrogen and oxygen atoms in total. The number of benzene rings is 1. The summed E-state index contributed by atoms with van der Waals surface area (Å²) in [6.07, 6.45) is 9.06. The van der Waals surface area contributed by atoms with Crippen molar-refractivity contribution < 1.29 is 14.6 Å². The predicted molar refractivity (Wildman–Crippen MR) is 152 cm³/mol. The van der Waals surface area contributed by atoms with E-state index in [2.05, 4.69) is 34.1 Å². The van der Waals surface area contributed by atoms with Crippen LogP contribution in [0.2, 0.25) is 0 Å². The van der Waals surface area contributed by atoms with Crippen LogP contribution < -0.4 is 0 Å². The highest BCUT2D eigenvalue weighted by Crippen LogP contribution is 2.46. The topological polar surface area (TPSA) is 119 Å². The lowest BCUT2D eigenvalue weighted by atomic mass is 9.76. The summed E-state index contributed by atoms with van der Waals surface area (Å²) in [5, 5.41) is 18.2. The fourth-order valence-corrected chi connectivity index (χ4v) is 6.39. The van der Waals surface area contributed by atoms with Gasteiger partial charge in [-0.3, -0.25) is 0 Å². The highest BCUT2D eigenvalue weighted by molar-refractivity contribution is 5.91. The molecule has 212 valence electrons. The third-order valence-electron chi connectivity index (χ3n) is 8.61. The summed E-state index contributed by atoms with van der Waals surface area (Å²) < 4.78 is 8.04. The number of aryl methyl sites for hydroxylation is 4. The number of ether oxygens (including phenoxy) is 1. The lowest BCUT2D eigenvalue weighted by molar-refractivity contribution is -0.165. The maximum atomic E-state index is 13.6. The Kier molecular flexibility index (Phi) is 8.28. The van der Waals surface area contributed by atoms with Crippen LogP contribution in [0.5, 0.6) is 5.75 Å². The van der Waals surface area contributed by atoms with Crippen LogP contribution >= 0.6 is 0 Å². The van der Waals surface area contributed by atoms with Gasteiger partial charge in [-0.05, 0) is 79.3 Å². The second-order valence-corrected chi connectivity index (χ2v) is 11.2. The van der Waals surface area contributed by atoms with Gasteiger partial charge in [0.25, 0.3) is 5.78 Å². The number of hydrogen-bond donors (Lipinski definition) is 1. The van der Waals surface area contributed by atoms with Crippen LogP contribution in [0.25, 0.3) is 5.78 Å². The number of cyclic esters (lactones) is 1. The Labute approximate surface area is 235 Å². The van der Waals surface area contributed by atoms with Crippen molar-refractivity contribution in [3.63, 3.8) is 0 Å². The number of phenolic OH excluding ortho intramolecular Hbond substituents is 1. The molecule has 40 heavy (non-hydrogen) atoms. The summed E-state index contributed by atoms with van der Waals surface area (Å²) in [6.45, 7) is 6.18. The molecule has 0 spiro atoms. The Bertz CT molecular complexity index is 1440. The molecule has 2 aliphatic rings. The Hall–Kier alpha value is -3.62. The number of esters is 1. The molecule has 0 amide bonds. The van der Waals surface area contributed by atoms with E-state index >= 15 is 0 Å². The molecule has 2 aromatic heterocycles. The minimum absolute atomic E-state index is 0.0764. The van der Waals surface area contributed by atoms with Crippen LogP contribution in [0.4, 0.5) is 0 Å². The molecular formula is C31H39N5O4. The molecule has 0 saturated heterocycles. The number of nitroso groups, excluding NO2 is 1. The summed E-state index contributed by atoms with van der Waals surface area (Å²) >= 11 is 0. The van der Waals surface area contributed by atoms with E-state index in [0.717, 1.165) is 73.9 Å². The van der Waals surface area contributed by atoms with Crippen molar-refractivity contribution in [2.45, 2.75) is 103 Å². The zero-order valence-corrected chi connectivity index (χ0v) is 23.8. The van der Waals surface area contributed by atoms with Crippen LogP contribution in [0.15, 0.2) is 40.7 Å². The largest absolute Gasteiger partial charge is 0.508 e. The number of fused-ring (bicyclic) bond motifs is 1. The van der Waals surface area contributed by atoms with E-state index in [0.29, 0.717) is 36.6 Å². The van der Waals surface area contributed by atoms with Gasteiger partial charge in [-0.15, -0.1) is 10.0 Å². The summed E-state index contributed by atoms with van der Waals surface area (Å²) in [7, 11) is 0. The summed E-state index contributed by atoms with van der Waals surface area (Å²) in [5.74, 6) is 0.909. The molecular weight excluding hydrogens is 506 g/mol. The molecule has 1 aromatic carbocycles. The average Bonchev–Trinajstić information content (AvgIpc) is 3.65. The first-order valence-electron chi connectivity index (χ1n) is 14.7. The number of rotatable bonds is 11. The Morgan fingerprint density at radius 2 is 1.90 bits per heavy atom. The normalized spacial score (nSPS) is 19.9. The number of carbonyl (C=O) groups is 1. The Morgan fingerprint density at radius 3 is 2.60 bits per heavy atom. The summed E-state index contributed by atoms with van der Waals surface area (Å²) in [4.78, 5) is 34.9. The van der Waals surface area contributed by atoms with E-state index < -0.39 is 11.6 Å². The standard InChI is InChI=1S/C31H39N5O4/c1-4-9-21-16-20(12-13-27(21)37)14-15-31(22-10-7-8-11-22)19-26(35-39)25(29(38)40-31)18-28-33-30-32-23(5-2)17-24(6-3)36(30)34-28/h12-13,16-17,22,37H,4-11,14-15,18-19H2,1-3H3. The van der Waals surface area contributed by atoms with Crippen molar-refractivity contribution in [2.24, 2.45) is 11.1 Å². The van der Waals surface area contributed by atoms with Gasteiger partial charge in [0.1, 0.15) is 11.4 Å². The van der Waals surface area contributed by atoms with Gasteiger partial charge in [-0.1, -0.05) is 52.2 Å². The van der Waals surface area contributed by atoms with Crippen molar-refractivity contribution in [3.8, 4) is 5.75 Å². The van der Waals surface area contributed by atoms with Crippen molar-refractivity contribution in [1.82, 2.24) is 19.6 Å². The van der Waals surface area contributed by atoms with Crippen molar-refractivity contribution >= 4 is 11.7 Å². The van der Waals surface area contributed by atoms with Gasteiger partial charge < -0.3 is 9.84 Å². The molecule has 1 saturated carbocycles. The number of nitrogens with zero attached hydrogens (tertiary/aromatic N) is 5. The van der Waals surface area contributed by atoms with Gasteiger partial charge in [-0.25, -0.2) is 14.3 Å². The highest BCUT2D eigenvalue weighted by Gasteiger charge is 2.48. The van der Waals surface area contributed by atoms with Crippen LogP contribution in [0.3, 0.4) is 0 Å². The van der Waals surface area contributed by atoms with E-state index in [1.807, 2.05) is 25.1 Å². The zero-order valence-electron chi connectivity index (χ0n) is 23.8. The molecule has 1 aliphatic heterocycles. The minimum atomic E-state index is -0.775. The number of phenols is 1. The fourth-order valence-electron chi connectivity index (χ4n) is 6.39. The summed E-state index contributed by atoms with van der Waals surface area (Å²) in [6, 6.07) is 7.74. The molecule has 1 unspecified atom stereocenters. The molecule has 3 aromatic rings. The van der Waals surface area contributed by atoms with E-state index in [9.17, 15) is 14.8 Å². The molecule has 1 N–H and O–H groups in total. The van der Waals surface area contributed by atoms with Crippen LogP contribution in [-0.4, -0.2) is 36.3 Å². The van der Waals surface area contributed by atoms with Gasteiger partial charge in [0.05, 0.1) is 11.3 Å². The number of aromatic hydroxyl groups is 1. The second-order valence-electron chi connectivity index (χ2n) is 11.2. The number of hydrogen-bond acceptors (Lipinski definition) is 8. The maximum Gasteiger partial charge on any atom is 0.337 e. The monoisotopic (exact) mass is 545 g/mol. The van der Waals surface area contributed by atoms with E-state index in [4.69, 9.17) is 4.74 Å². The third-order valence-corrected chi connectivity index (χ3v) is 8.61. The number of carbonyl (C=O) groups excluding carboxylic acids is 1. The first-order chi connectivity index (χ1) is 19.4. The molecule has 9 heteroatoms. The summed E-state index contributed by atoms with van der Waals surface area (Å²) in [5.41, 5.74) is 3.66. The lowest BCUT2D eigenvalue weighted by Crippen LogP contribution is -2.46. The Balaban J connectivity index is 1.43. The maximum absolute atomic E-state index is 13.6. The van der Waals surface area contributed by atoms with E-state index in [1.54, 1.807) is 10.6 Å². The predicted octanol–water partition coefficient (Wildman–Crippen LogP) is 5.98. The molecule has 0 radical (unpaired) electrons. The third kappa shape index (κ3) is 5.51. The Morgan fingerprint density at radius 1 is 1.10 bits per heavy atom. The van der Waals surface area contributed by atoms with Gasteiger partial charge in [0.2, 0.25) is 0 Å². The first-order valence-corrected chi connectivity index (χ1v) is 14.7. The van der Waals surface area contributed by atoms with Crippen molar-refractivity contribution in [2.75, 3.05) is 0 Å². The first kappa shape index (κ1) is 27.9. The van der Waals surface area contributed by atoms with Gasteiger partial charge in [0.15, 0.2) is 5.82 Å². The van der Waals surface area contributed by atoms with Gasteiger partial charge >= 0.3 is 5.97 Å². The quantitative estimate of drug-likeness (QED) is 0.233. The molecule has 1 fully saturated rings. The number of aromatic nitrogens is 4. The molecule has 5 rings (SSSR count). The van der Waals surface area contributed by atoms with Crippen molar-refractivity contribution in [3.05, 3.63) is 68.8 Å². The highest BCUT2D eigenvalue weighted by atomic mass is 16.6. The van der Waals surface area contributed by atoms with Gasteiger partial charge in [0, 0.05) is 24.2 Å². The second kappa shape index (κ2) is 11.9. The van der Waals surface area contributed by atoms with Crippen LogP contribution in [0.1, 0.15) is 94.1 Å². The van der Waals surface area contributed by atoms with Gasteiger partial charge in [-0.2, -0.15) is 4.98 Å². The smallest absolute Gasteiger partial charge is 0.337 e. The van der Waals surface area contributed by atoms with E-state index in [1.165, 1.54) is 0 Å². The van der Waals surface area contributed by atoms with Crippen molar-refractivity contribution in [1.29, 1.82) is 0 Å². The zero-order chi connectivity index (χ0) is 28.3. The minimum Gasteiger partial charge on any atom is -0.508 e. The van der Waals surface area contributed by atoms with E-state index in [-0.39, 0.29) is 23.6 Å². The van der Waals surface area contributed by atoms with Crippen LogP contribution in [-0.2, 0) is 41.6 Å². The lowest BCUT2D eigenvalue weighted by Gasteiger charge is -2.41. The average molecular weight is 546 g/mol. The fraction of sp³-hybridized carbons (Fsp3) is 0.548. The molecule has 1 atom stereocenters. The molecule has 1 aliphatic carbocycles. The molecule has 3 heterocycles.